The SMILES string of the molecule is CC(C)(C)OC(=O)N1C[C@@H](N)[C@H](O)[C@@H](N2c3ccc(C(F)(F)F)cc3Oc3cc(C(F)(F)F)ccc32)C1. The number of halogens is 6. The number of piperidine rings is 1. The summed E-state index contributed by atoms with van der Waals surface area (Å²) >= 11 is 0. The van der Waals surface area contributed by atoms with Gasteiger partial charge in [0, 0.05) is 13.1 Å². The van der Waals surface area contributed by atoms with Crippen LogP contribution in [0.4, 0.5) is 42.5 Å². The van der Waals surface area contributed by atoms with E-state index in [2.05, 4.69) is 0 Å². The zero-order valence-corrected chi connectivity index (χ0v) is 20.0. The Labute approximate surface area is 208 Å². The maximum atomic E-state index is 13.4. The minimum Gasteiger partial charge on any atom is -0.453 e. The van der Waals surface area contributed by atoms with Crippen molar-refractivity contribution in [2.75, 3.05) is 18.0 Å². The van der Waals surface area contributed by atoms with E-state index in [1.165, 1.54) is 9.80 Å². The van der Waals surface area contributed by atoms with Gasteiger partial charge in [-0.05, 0) is 57.2 Å². The molecule has 0 radical (unpaired) electrons. The van der Waals surface area contributed by atoms with Crippen molar-refractivity contribution in [1.82, 2.24) is 4.90 Å². The lowest BCUT2D eigenvalue weighted by molar-refractivity contribution is -0.138. The molecule has 4 rings (SSSR count). The van der Waals surface area contributed by atoms with Crippen LogP contribution in [0.25, 0.3) is 0 Å². The van der Waals surface area contributed by atoms with Crippen LogP contribution in [0.15, 0.2) is 36.4 Å². The lowest BCUT2D eigenvalue weighted by Gasteiger charge is -2.47. The summed E-state index contributed by atoms with van der Waals surface area (Å²) in [4.78, 5) is 15.4. The summed E-state index contributed by atoms with van der Waals surface area (Å²) in [6.45, 7) is 4.73. The quantitative estimate of drug-likeness (QED) is 0.486. The number of hydrogen-bond acceptors (Lipinski definition) is 6. The number of amides is 1. The van der Waals surface area contributed by atoms with Crippen molar-refractivity contribution in [3.63, 3.8) is 0 Å². The molecule has 0 aromatic heterocycles. The molecule has 202 valence electrons. The molecule has 1 amide bonds. The smallest absolute Gasteiger partial charge is 0.416 e. The molecule has 0 saturated carbocycles. The molecule has 2 aliphatic rings. The fourth-order valence-electron chi connectivity index (χ4n) is 4.31. The summed E-state index contributed by atoms with van der Waals surface area (Å²) in [7, 11) is 0. The zero-order chi connectivity index (χ0) is 27.5. The highest BCUT2D eigenvalue weighted by Crippen LogP contribution is 2.51. The van der Waals surface area contributed by atoms with Crippen molar-refractivity contribution >= 4 is 17.5 Å². The third-order valence-corrected chi connectivity index (χ3v) is 5.97. The van der Waals surface area contributed by atoms with Crippen LogP contribution < -0.4 is 15.4 Å². The Bertz CT molecular complexity index is 1130. The largest absolute Gasteiger partial charge is 0.453 e. The number of anilines is 2. The van der Waals surface area contributed by atoms with Crippen molar-refractivity contribution < 1.29 is 45.7 Å². The predicted molar refractivity (Wildman–Crippen MR) is 121 cm³/mol. The average molecular weight is 533 g/mol. The molecule has 3 atom stereocenters. The molecule has 0 bridgehead atoms. The summed E-state index contributed by atoms with van der Waals surface area (Å²) in [5.41, 5.74) is 3.25. The van der Waals surface area contributed by atoms with Crippen molar-refractivity contribution in [1.29, 1.82) is 0 Å². The highest BCUT2D eigenvalue weighted by atomic mass is 19.4. The number of likely N-dealkylation sites (tertiary alicyclic amines) is 1. The topological polar surface area (TPSA) is 88.3 Å². The van der Waals surface area contributed by atoms with Crippen LogP contribution in [0, 0.1) is 0 Å². The molecule has 37 heavy (non-hydrogen) atoms. The first-order valence-electron chi connectivity index (χ1n) is 11.3. The molecular weight excluding hydrogens is 508 g/mol. The molecule has 2 aromatic carbocycles. The number of fused-ring (bicyclic) bond motifs is 2. The van der Waals surface area contributed by atoms with Gasteiger partial charge >= 0.3 is 18.4 Å². The highest BCUT2D eigenvalue weighted by molar-refractivity contribution is 5.80. The van der Waals surface area contributed by atoms with E-state index in [0.29, 0.717) is 12.1 Å². The van der Waals surface area contributed by atoms with E-state index in [9.17, 15) is 36.2 Å². The molecule has 0 unspecified atom stereocenters. The maximum absolute atomic E-state index is 13.4. The van der Waals surface area contributed by atoms with Gasteiger partial charge in [-0.15, -0.1) is 0 Å². The standard InChI is InChI=1S/C24H25F6N3O4/c1-22(2,3)37-21(35)32-10-14(31)20(34)17(11-32)33-15-6-4-12(23(25,26)27)8-18(15)36-19-9-13(24(28,29)30)5-7-16(19)33/h4-9,14,17,20,34H,10-11,31H2,1-3H3/t14-,17+,20+/m1/s1. The number of aliphatic hydroxyl groups is 1. The van der Waals surface area contributed by atoms with Gasteiger partial charge < -0.3 is 30.1 Å². The minimum atomic E-state index is -4.74. The van der Waals surface area contributed by atoms with Gasteiger partial charge in [0.15, 0.2) is 11.5 Å². The monoisotopic (exact) mass is 533 g/mol. The van der Waals surface area contributed by atoms with Crippen LogP contribution in [0.5, 0.6) is 11.5 Å². The second-order valence-corrected chi connectivity index (χ2v) is 9.94. The Morgan fingerprint density at radius 2 is 1.43 bits per heavy atom. The first kappa shape index (κ1) is 26.9. The molecule has 2 aromatic rings. The molecule has 1 fully saturated rings. The molecule has 13 heteroatoms. The maximum Gasteiger partial charge on any atom is 0.416 e. The van der Waals surface area contributed by atoms with E-state index in [0.717, 1.165) is 24.3 Å². The first-order chi connectivity index (χ1) is 17.0. The number of rotatable bonds is 1. The Morgan fingerprint density at radius 3 is 1.86 bits per heavy atom. The number of carbonyl (C=O) groups excluding carboxylic acids is 1. The van der Waals surface area contributed by atoms with E-state index in [-0.39, 0.29) is 36.0 Å². The van der Waals surface area contributed by atoms with Crippen molar-refractivity contribution in [2.45, 2.75) is 56.9 Å². The van der Waals surface area contributed by atoms with E-state index in [1.54, 1.807) is 20.8 Å². The highest BCUT2D eigenvalue weighted by Gasteiger charge is 2.44. The normalized spacial score (nSPS) is 22.2. The van der Waals surface area contributed by atoms with Gasteiger partial charge in [0.05, 0.1) is 40.7 Å². The molecule has 7 nitrogen and oxygen atoms in total. The summed E-state index contributed by atoms with van der Waals surface area (Å²) in [5.74, 6) is -0.728. The van der Waals surface area contributed by atoms with Gasteiger partial charge in [-0.2, -0.15) is 26.3 Å². The third kappa shape index (κ3) is 5.42. The number of nitrogens with zero attached hydrogens (tertiary/aromatic N) is 2. The van der Waals surface area contributed by atoms with Crippen LogP contribution in [-0.4, -0.2) is 53.0 Å². The van der Waals surface area contributed by atoms with Crippen LogP contribution in [-0.2, 0) is 17.1 Å². The minimum absolute atomic E-state index is 0.0579. The Kier molecular flexibility index (Phi) is 6.52. The van der Waals surface area contributed by atoms with Gasteiger partial charge in [-0.3, -0.25) is 0 Å². The Hall–Kier alpha value is -3.19. The molecule has 0 aliphatic carbocycles. The number of carbonyl (C=O) groups is 1. The van der Waals surface area contributed by atoms with E-state index >= 15 is 0 Å². The van der Waals surface area contributed by atoms with Gasteiger partial charge in [0.1, 0.15) is 5.60 Å². The number of alkyl halides is 6. The van der Waals surface area contributed by atoms with Crippen LogP contribution in [0.1, 0.15) is 31.9 Å². The number of hydrogen-bond donors (Lipinski definition) is 2. The lowest BCUT2D eigenvalue weighted by Crippen LogP contribution is -2.64. The molecule has 2 heterocycles. The summed E-state index contributed by atoms with van der Waals surface area (Å²) in [5, 5.41) is 11.0. The van der Waals surface area contributed by atoms with E-state index in [4.69, 9.17) is 15.2 Å². The van der Waals surface area contributed by atoms with Gasteiger partial charge in [0.2, 0.25) is 0 Å². The first-order valence-corrected chi connectivity index (χ1v) is 11.3. The van der Waals surface area contributed by atoms with Crippen LogP contribution >= 0.6 is 0 Å². The van der Waals surface area contributed by atoms with Gasteiger partial charge in [0.25, 0.3) is 0 Å². The van der Waals surface area contributed by atoms with Gasteiger partial charge in [-0.1, -0.05) is 0 Å². The van der Waals surface area contributed by atoms with E-state index < -0.39 is 53.4 Å². The van der Waals surface area contributed by atoms with E-state index in [1.807, 2.05) is 0 Å². The van der Waals surface area contributed by atoms with Crippen LogP contribution in [0.3, 0.4) is 0 Å². The number of nitrogens with two attached hydrogens (primary N) is 1. The fourth-order valence-corrected chi connectivity index (χ4v) is 4.31. The van der Waals surface area contributed by atoms with Gasteiger partial charge in [-0.25, -0.2) is 4.79 Å². The second-order valence-electron chi connectivity index (χ2n) is 9.94. The zero-order valence-electron chi connectivity index (χ0n) is 20.0. The van der Waals surface area contributed by atoms with Crippen LogP contribution in [0.2, 0.25) is 0 Å². The average Bonchev–Trinajstić information content (AvgIpc) is 2.76. The number of ether oxygens (including phenoxy) is 2. The lowest BCUT2D eigenvalue weighted by atomic mass is 9.94. The fraction of sp³-hybridized carbons (Fsp3) is 0.458. The molecule has 1 saturated heterocycles. The molecular formula is C24H25F6N3O4. The second kappa shape index (κ2) is 8.98. The summed E-state index contributed by atoms with van der Waals surface area (Å²) in [6, 6.07) is 3.11. The molecule has 3 N–H and O–H groups in total. The van der Waals surface area contributed by atoms with Crippen molar-refractivity contribution in [3.05, 3.63) is 47.5 Å². The number of benzene rings is 2. The summed E-state index contributed by atoms with van der Waals surface area (Å²) < 4.78 is 91.2. The molecule has 0 spiro atoms. The Balaban J connectivity index is 1.82. The van der Waals surface area contributed by atoms with Crippen molar-refractivity contribution in [2.24, 2.45) is 5.73 Å². The Morgan fingerprint density at radius 1 is 0.946 bits per heavy atom. The third-order valence-electron chi connectivity index (χ3n) is 5.97. The summed E-state index contributed by atoms with van der Waals surface area (Å²) in [6.07, 6.45) is -11.5. The predicted octanol–water partition coefficient (Wildman–Crippen LogP) is 5.28. The number of aliphatic hydroxyl groups excluding tert-OH is 1. The molecule has 2 aliphatic heterocycles. The van der Waals surface area contributed by atoms with Crippen molar-refractivity contribution in [3.8, 4) is 11.5 Å².